The van der Waals surface area contributed by atoms with Gasteiger partial charge < -0.3 is 19.0 Å². The molecule has 0 atom stereocenters. The Hall–Kier alpha value is -3.52. The summed E-state index contributed by atoms with van der Waals surface area (Å²) in [5.41, 5.74) is 3.24. The topological polar surface area (TPSA) is 86.3 Å². The lowest BCUT2D eigenvalue weighted by Crippen LogP contribution is -2.25. The third-order valence-electron chi connectivity index (χ3n) is 4.42. The molecule has 8 nitrogen and oxygen atoms in total. The number of ether oxygens (including phenoxy) is 1. The summed E-state index contributed by atoms with van der Waals surface area (Å²) in [5, 5.41) is 10.8. The molecule has 0 fully saturated rings. The third kappa shape index (κ3) is 3.77. The van der Waals surface area contributed by atoms with Crippen molar-refractivity contribution in [3.63, 3.8) is 0 Å². The van der Waals surface area contributed by atoms with Crippen molar-refractivity contribution in [2.45, 2.75) is 13.1 Å². The Balaban J connectivity index is 1.48. The maximum Gasteiger partial charge on any atom is 0.253 e. The molecule has 142 valence electrons. The predicted octanol–water partition coefficient (Wildman–Crippen LogP) is 2.17. The largest absolute Gasteiger partial charge is 0.383 e. The lowest BCUT2D eigenvalue weighted by atomic mass is 10.2. The number of amides is 1. The summed E-state index contributed by atoms with van der Waals surface area (Å²) in [4.78, 5) is 17.2. The molecule has 4 rings (SSSR count). The van der Waals surface area contributed by atoms with Crippen molar-refractivity contribution in [1.29, 1.82) is 0 Å². The number of nitrogens with zero attached hydrogens (tertiary/aromatic N) is 5. The van der Waals surface area contributed by atoms with Gasteiger partial charge in [0.15, 0.2) is 5.82 Å². The predicted molar refractivity (Wildman–Crippen MR) is 104 cm³/mol. The Kier molecular flexibility index (Phi) is 5.11. The summed E-state index contributed by atoms with van der Waals surface area (Å²) >= 11 is 0. The molecule has 0 aliphatic carbocycles. The van der Waals surface area contributed by atoms with Crippen LogP contribution in [-0.4, -0.2) is 43.8 Å². The molecule has 3 aromatic heterocycles. The van der Waals surface area contributed by atoms with Gasteiger partial charge >= 0.3 is 0 Å². The van der Waals surface area contributed by atoms with Crippen molar-refractivity contribution >= 4 is 11.6 Å². The number of aromatic nitrogens is 5. The van der Waals surface area contributed by atoms with Crippen LogP contribution in [0.5, 0.6) is 0 Å². The van der Waals surface area contributed by atoms with Gasteiger partial charge in [0.1, 0.15) is 12.0 Å². The number of imidazole rings is 1. The zero-order chi connectivity index (χ0) is 19.3. The van der Waals surface area contributed by atoms with E-state index in [0.29, 0.717) is 31.1 Å². The van der Waals surface area contributed by atoms with Crippen LogP contribution in [0.3, 0.4) is 0 Å². The minimum atomic E-state index is -0.182. The molecule has 28 heavy (non-hydrogen) atoms. The zero-order valence-corrected chi connectivity index (χ0v) is 15.4. The van der Waals surface area contributed by atoms with Crippen LogP contribution in [0.2, 0.25) is 0 Å². The normalized spacial score (nSPS) is 11.0. The molecule has 0 aliphatic heterocycles. The van der Waals surface area contributed by atoms with Gasteiger partial charge in [0.25, 0.3) is 5.91 Å². The zero-order valence-electron chi connectivity index (χ0n) is 15.4. The first-order valence-corrected chi connectivity index (χ1v) is 8.92. The average molecular weight is 376 g/mol. The van der Waals surface area contributed by atoms with E-state index in [-0.39, 0.29) is 5.91 Å². The molecule has 1 N–H and O–H groups in total. The molecule has 0 saturated carbocycles. The molecular formula is C20H20N6O2. The summed E-state index contributed by atoms with van der Waals surface area (Å²) in [6.45, 7) is 1.48. The number of carbonyl (C=O) groups excluding carboxylic acids is 1. The van der Waals surface area contributed by atoms with Crippen molar-refractivity contribution in [3.05, 3.63) is 72.6 Å². The van der Waals surface area contributed by atoms with Gasteiger partial charge in [-0.15, -0.1) is 10.2 Å². The SMILES string of the molecule is COCCn1cnnc1CNC(=O)c1ccc2nc(-c3ccccc3)cn2c1. The van der Waals surface area contributed by atoms with Crippen LogP contribution >= 0.6 is 0 Å². The van der Waals surface area contributed by atoms with Crippen LogP contribution in [-0.2, 0) is 17.8 Å². The van der Waals surface area contributed by atoms with E-state index in [0.717, 1.165) is 16.9 Å². The van der Waals surface area contributed by atoms with Crippen molar-refractivity contribution in [2.24, 2.45) is 0 Å². The van der Waals surface area contributed by atoms with Gasteiger partial charge in [-0.25, -0.2) is 4.98 Å². The second-order valence-corrected chi connectivity index (χ2v) is 6.29. The molecule has 4 aromatic rings. The summed E-state index contributed by atoms with van der Waals surface area (Å²) < 4.78 is 8.78. The van der Waals surface area contributed by atoms with Crippen LogP contribution in [0.1, 0.15) is 16.2 Å². The fraction of sp³-hybridized carbons (Fsp3) is 0.200. The van der Waals surface area contributed by atoms with E-state index in [4.69, 9.17) is 4.74 Å². The van der Waals surface area contributed by atoms with Crippen molar-refractivity contribution in [1.82, 2.24) is 29.5 Å². The van der Waals surface area contributed by atoms with E-state index >= 15 is 0 Å². The Morgan fingerprint density at radius 1 is 1.14 bits per heavy atom. The maximum absolute atomic E-state index is 12.6. The number of hydrogen-bond donors (Lipinski definition) is 1. The van der Waals surface area contributed by atoms with Crippen LogP contribution in [0, 0.1) is 0 Å². The third-order valence-corrected chi connectivity index (χ3v) is 4.42. The molecule has 0 aliphatic rings. The van der Waals surface area contributed by atoms with Gasteiger partial charge in [-0.1, -0.05) is 30.3 Å². The smallest absolute Gasteiger partial charge is 0.253 e. The fourth-order valence-electron chi connectivity index (χ4n) is 2.93. The van der Waals surface area contributed by atoms with E-state index < -0.39 is 0 Å². The summed E-state index contributed by atoms with van der Waals surface area (Å²) in [5.74, 6) is 0.499. The molecule has 0 spiro atoms. The van der Waals surface area contributed by atoms with Crippen molar-refractivity contribution < 1.29 is 9.53 Å². The molecule has 0 saturated heterocycles. The first kappa shape index (κ1) is 17.9. The average Bonchev–Trinajstić information content (AvgIpc) is 3.37. The van der Waals surface area contributed by atoms with Gasteiger partial charge in [-0.2, -0.15) is 0 Å². The lowest BCUT2D eigenvalue weighted by molar-refractivity contribution is 0.0948. The molecule has 3 heterocycles. The summed E-state index contributed by atoms with van der Waals surface area (Å²) in [6, 6.07) is 13.5. The summed E-state index contributed by atoms with van der Waals surface area (Å²) in [7, 11) is 1.64. The van der Waals surface area contributed by atoms with E-state index in [1.165, 1.54) is 0 Å². The Labute approximate surface area is 161 Å². The lowest BCUT2D eigenvalue weighted by Gasteiger charge is -2.07. The highest BCUT2D eigenvalue weighted by Gasteiger charge is 2.11. The Morgan fingerprint density at radius 3 is 2.82 bits per heavy atom. The van der Waals surface area contributed by atoms with E-state index in [9.17, 15) is 4.79 Å². The molecule has 8 heteroatoms. The van der Waals surface area contributed by atoms with E-state index in [2.05, 4.69) is 20.5 Å². The standard InChI is InChI=1S/C20H20N6O2/c1-28-10-9-25-14-22-24-19(25)11-21-20(27)16-7-8-18-23-17(13-26(18)12-16)15-5-3-2-4-6-15/h2-8,12-14H,9-11H2,1H3,(H,21,27). The van der Waals surface area contributed by atoms with E-state index in [1.54, 1.807) is 25.7 Å². The number of benzene rings is 1. The number of nitrogens with one attached hydrogen (secondary N) is 1. The van der Waals surface area contributed by atoms with Crippen LogP contribution in [0.4, 0.5) is 0 Å². The fourth-order valence-corrected chi connectivity index (χ4v) is 2.93. The molecule has 0 radical (unpaired) electrons. The van der Waals surface area contributed by atoms with Crippen LogP contribution < -0.4 is 5.32 Å². The Bertz CT molecular complexity index is 1090. The van der Waals surface area contributed by atoms with Gasteiger partial charge in [-0.3, -0.25) is 4.79 Å². The first-order chi connectivity index (χ1) is 13.7. The second-order valence-electron chi connectivity index (χ2n) is 6.29. The number of rotatable bonds is 7. The Morgan fingerprint density at radius 2 is 2.00 bits per heavy atom. The second kappa shape index (κ2) is 8.01. The highest BCUT2D eigenvalue weighted by molar-refractivity contribution is 5.94. The monoisotopic (exact) mass is 376 g/mol. The first-order valence-electron chi connectivity index (χ1n) is 8.92. The van der Waals surface area contributed by atoms with Gasteiger partial charge in [0.05, 0.1) is 24.4 Å². The van der Waals surface area contributed by atoms with Crippen molar-refractivity contribution in [2.75, 3.05) is 13.7 Å². The van der Waals surface area contributed by atoms with Gasteiger partial charge in [-0.05, 0) is 12.1 Å². The van der Waals surface area contributed by atoms with Gasteiger partial charge in [0, 0.05) is 31.6 Å². The molecule has 1 aromatic carbocycles. The number of carbonyl (C=O) groups is 1. The minimum Gasteiger partial charge on any atom is -0.383 e. The van der Waals surface area contributed by atoms with Crippen LogP contribution in [0.25, 0.3) is 16.9 Å². The molecule has 1 amide bonds. The number of pyridine rings is 1. The highest BCUT2D eigenvalue weighted by atomic mass is 16.5. The van der Waals surface area contributed by atoms with E-state index in [1.807, 2.05) is 51.6 Å². The minimum absolute atomic E-state index is 0.182. The van der Waals surface area contributed by atoms with Crippen molar-refractivity contribution in [3.8, 4) is 11.3 Å². The highest BCUT2D eigenvalue weighted by Crippen LogP contribution is 2.19. The molecule has 0 unspecified atom stereocenters. The quantitative estimate of drug-likeness (QED) is 0.534. The van der Waals surface area contributed by atoms with Crippen LogP contribution in [0.15, 0.2) is 61.2 Å². The maximum atomic E-state index is 12.6. The summed E-state index contributed by atoms with van der Waals surface area (Å²) in [6.07, 6.45) is 5.33. The number of hydrogen-bond acceptors (Lipinski definition) is 5. The number of fused-ring (bicyclic) bond motifs is 1. The van der Waals surface area contributed by atoms with Gasteiger partial charge in [0.2, 0.25) is 0 Å². The molecule has 0 bridgehead atoms. The number of methoxy groups -OCH3 is 1. The molecular weight excluding hydrogens is 356 g/mol.